The average Bonchev–Trinajstić information content (AvgIpc) is 3.06. The van der Waals surface area contributed by atoms with Crippen LogP contribution in [-0.4, -0.2) is 22.1 Å². The van der Waals surface area contributed by atoms with E-state index >= 15 is 0 Å². The van der Waals surface area contributed by atoms with Gasteiger partial charge in [0.2, 0.25) is 0 Å². The summed E-state index contributed by atoms with van der Waals surface area (Å²) >= 11 is 0. The van der Waals surface area contributed by atoms with E-state index in [0.717, 1.165) is 29.2 Å². The van der Waals surface area contributed by atoms with Gasteiger partial charge >= 0.3 is 0 Å². The predicted octanol–water partition coefficient (Wildman–Crippen LogP) is 3.57. The van der Waals surface area contributed by atoms with Gasteiger partial charge in [0.1, 0.15) is 11.6 Å². The van der Waals surface area contributed by atoms with E-state index in [-0.39, 0.29) is 5.91 Å². The second-order valence-electron chi connectivity index (χ2n) is 6.06. The van der Waals surface area contributed by atoms with E-state index in [0.29, 0.717) is 18.7 Å². The molecule has 5 nitrogen and oxygen atoms in total. The van der Waals surface area contributed by atoms with E-state index in [1.165, 1.54) is 0 Å². The number of aryl methyl sites for hydroxylation is 1. The van der Waals surface area contributed by atoms with E-state index in [4.69, 9.17) is 4.74 Å². The lowest BCUT2D eigenvalue weighted by molar-refractivity contribution is 0.0951. The van der Waals surface area contributed by atoms with Crippen molar-refractivity contribution in [1.29, 1.82) is 0 Å². The minimum atomic E-state index is -0.0859. The predicted molar refractivity (Wildman–Crippen MR) is 101 cm³/mol. The number of amides is 1. The number of hydrogen-bond donors (Lipinski definition) is 1. The lowest BCUT2D eigenvalue weighted by Gasteiger charge is -2.09. The topological polar surface area (TPSA) is 56.1 Å². The molecule has 134 valence electrons. The fourth-order valence-corrected chi connectivity index (χ4v) is 2.73. The fourth-order valence-electron chi connectivity index (χ4n) is 2.73. The number of carbonyl (C=O) groups excluding carboxylic acids is 1. The van der Waals surface area contributed by atoms with Gasteiger partial charge in [-0.2, -0.15) is 0 Å². The molecule has 1 aromatic heterocycles. The van der Waals surface area contributed by atoms with Crippen LogP contribution < -0.4 is 10.1 Å². The van der Waals surface area contributed by atoms with Crippen molar-refractivity contribution >= 4 is 5.91 Å². The maximum atomic E-state index is 12.4. The largest absolute Gasteiger partial charge is 0.494 e. The Balaban J connectivity index is 1.58. The number of aromatic nitrogens is 2. The van der Waals surface area contributed by atoms with Crippen molar-refractivity contribution in [3.8, 4) is 5.75 Å². The van der Waals surface area contributed by atoms with Crippen LogP contribution in [-0.2, 0) is 13.1 Å². The third-order valence-corrected chi connectivity index (χ3v) is 4.16. The lowest BCUT2D eigenvalue weighted by Crippen LogP contribution is -2.22. The lowest BCUT2D eigenvalue weighted by atomic mass is 10.1. The highest BCUT2D eigenvalue weighted by Gasteiger charge is 2.06. The smallest absolute Gasteiger partial charge is 0.251 e. The third-order valence-electron chi connectivity index (χ3n) is 4.16. The summed E-state index contributed by atoms with van der Waals surface area (Å²) in [7, 11) is 0. The molecule has 0 saturated carbocycles. The SMILES string of the molecule is CCOc1cccc(CNC(=O)c2ccc(Cn3ccnc3C)cc2)c1. The molecule has 0 fully saturated rings. The summed E-state index contributed by atoms with van der Waals surface area (Å²) in [5.74, 6) is 1.71. The number of carbonyl (C=O) groups is 1. The molecule has 0 aliphatic carbocycles. The van der Waals surface area contributed by atoms with Crippen molar-refractivity contribution in [2.45, 2.75) is 26.9 Å². The summed E-state index contributed by atoms with van der Waals surface area (Å²) in [5, 5.41) is 2.95. The van der Waals surface area contributed by atoms with Crippen LogP contribution in [0, 0.1) is 6.92 Å². The van der Waals surface area contributed by atoms with Crippen molar-refractivity contribution in [2.75, 3.05) is 6.61 Å². The van der Waals surface area contributed by atoms with Crippen molar-refractivity contribution in [3.63, 3.8) is 0 Å². The first-order valence-corrected chi connectivity index (χ1v) is 8.72. The highest BCUT2D eigenvalue weighted by Crippen LogP contribution is 2.13. The first kappa shape index (κ1) is 17.7. The van der Waals surface area contributed by atoms with Crippen LogP contribution in [0.25, 0.3) is 0 Å². The molecule has 3 rings (SSSR count). The maximum Gasteiger partial charge on any atom is 0.251 e. The van der Waals surface area contributed by atoms with Gasteiger partial charge in [0.25, 0.3) is 5.91 Å². The van der Waals surface area contributed by atoms with Crippen LogP contribution in [0.1, 0.15) is 34.2 Å². The first-order chi connectivity index (χ1) is 12.7. The van der Waals surface area contributed by atoms with Gasteiger partial charge in [-0.15, -0.1) is 0 Å². The Labute approximate surface area is 153 Å². The molecule has 0 saturated heterocycles. The maximum absolute atomic E-state index is 12.4. The molecular weight excluding hydrogens is 326 g/mol. The quantitative estimate of drug-likeness (QED) is 0.709. The Kier molecular flexibility index (Phi) is 5.69. The minimum Gasteiger partial charge on any atom is -0.494 e. The number of benzene rings is 2. The van der Waals surface area contributed by atoms with Crippen molar-refractivity contribution < 1.29 is 9.53 Å². The van der Waals surface area contributed by atoms with Crippen molar-refractivity contribution in [1.82, 2.24) is 14.9 Å². The molecule has 0 bridgehead atoms. The van der Waals surface area contributed by atoms with Crippen molar-refractivity contribution in [3.05, 3.63) is 83.4 Å². The van der Waals surface area contributed by atoms with Crippen LogP contribution >= 0.6 is 0 Å². The Hall–Kier alpha value is -3.08. The van der Waals surface area contributed by atoms with Gasteiger partial charge in [0.05, 0.1) is 6.61 Å². The van der Waals surface area contributed by atoms with Gasteiger partial charge in [-0.1, -0.05) is 24.3 Å². The zero-order valence-electron chi connectivity index (χ0n) is 15.1. The van der Waals surface area contributed by atoms with Gasteiger partial charge in [-0.05, 0) is 49.2 Å². The zero-order chi connectivity index (χ0) is 18.4. The van der Waals surface area contributed by atoms with Gasteiger partial charge in [0, 0.05) is 31.0 Å². The molecule has 0 aliphatic rings. The number of ether oxygens (including phenoxy) is 1. The average molecular weight is 349 g/mol. The normalized spacial score (nSPS) is 10.5. The summed E-state index contributed by atoms with van der Waals surface area (Å²) in [6.07, 6.45) is 3.74. The van der Waals surface area contributed by atoms with E-state index in [9.17, 15) is 4.79 Å². The molecule has 0 spiro atoms. The minimum absolute atomic E-state index is 0.0859. The highest BCUT2D eigenvalue weighted by atomic mass is 16.5. The molecule has 5 heteroatoms. The fraction of sp³-hybridized carbons (Fsp3) is 0.238. The van der Waals surface area contributed by atoms with Crippen LogP contribution in [0.15, 0.2) is 60.9 Å². The standard InChI is InChI=1S/C21H23N3O2/c1-3-26-20-6-4-5-18(13-20)14-23-21(25)19-9-7-17(8-10-19)15-24-12-11-22-16(24)2/h4-13H,3,14-15H2,1-2H3,(H,23,25). The molecule has 0 unspecified atom stereocenters. The van der Waals surface area contributed by atoms with Crippen LogP contribution in [0.5, 0.6) is 5.75 Å². The monoisotopic (exact) mass is 349 g/mol. The summed E-state index contributed by atoms with van der Waals surface area (Å²) in [6.45, 7) is 5.77. The Morgan fingerprint density at radius 2 is 1.96 bits per heavy atom. The van der Waals surface area contributed by atoms with E-state index in [1.54, 1.807) is 6.20 Å². The van der Waals surface area contributed by atoms with Crippen LogP contribution in [0.4, 0.5) is 0 Å². The zero-order valence-corrected chi connectivity index (χ0v) is 15.1. The highest BCUT2D eigenvalue weighted by molar-refractivity contribution is 5.94. The molecule has 26 heavy (non-hydrogen) atoms. The van der Waals surface area contributed by atoms with Gasteiger partial charge < -0.3 is 14.6 Å². The number of imidazole rings is 1. The number of hydrogen-bond acceptors (Lipinski definition) is 3. The second-order valence-corrected chi connectivity index (χ2v) is 6.06. The molecule has 0 radical (unpaired) electrons. The molecule has 0 aliphatic heterocycles. The molecule has 1 N–H and O–H groups in total. The second kappa shape index (κ2) is 8.34. The van der Waals surface area contributed by atoms with Crippen molar-refractivity contribution in [2.24, 2.45) is 0 Å². The number of nitrogens with one attached hydrogen (secondary N) is 1. The number of rotatable bonds is 7. The number of nitrogens with zero attached hydrogens (tertiary/aromatic N) is 2. The molecule has 2 aromatic carbocycles. The molecule has 1 amide bonds. The summed E-state index contributed by atoms with van der Waals surface area (Å²) < 4.78 is 7.55. The van der Waals surface area contributed by atoms with E-state index in [2.05, 4.69) is 14.9 Å². The van der Waals surface area contributed by atoms with E-state index in [1.807, 2.05) is 68.6 Å². The van der Waals surface area contributed by atoms with Gasteiger partial charge in [0.15, 0.2) is 0 Å². The van der Waals surface area contributed by atoms with Crippen LogP contribution in [0.2, 0.25) is 0 Å². The molecule has 1 heterocycles. The van der Waals surface area contributed by atoms with Gasteiger partial charge in [-0.25, -0.2) is 4.98 Å². The summed E-state index contributed by atoms with van der Waals surface area (Å²) in [5.41, 5.74) is 2.79. The Morgan fingerprint density at radius 3 is 2.65 bits per heavy atom. The first-order valence-electron chi connectivity index (χ1n) is 8.72. The summed E-state index contributed by atoms with van der Waals surface area (Å²) in [6, 6.07) is 15.4. The molecule has 3 aromatic rings. The molecular formula is C21H23N3O2. The third kappa shape index (κ3) is 4.51. The van der Waals surface area contributed by atoms with Gasteiger partial charge in [-0.3, -0.25) is 4.79 Å². The Morgan fingerprint density at radius 1 is 1.15 bits per heavy atom. The summed E-state index contributed by atoms with van der Waals surface area (Å²) in [4.78, 5) is 16.6. The van der Waals surface area contributed by atoms with Crippen LogP contribution in [0.3, 0.4) is 0 Å². The Bertz CT molecular complexity index is 869. The van der Waals surface area contributed by atoms with E-state index < -0.39 is 0 Å². The molecule has 0 atom stereocenters.